The zero-order valence-corrected chi connectivity index (χ0v) is 20.5. The summed E-state index contributed by atoms with van der Waals surface area (Å²) in [7, 11) is 6.00. The molecular formula is C29H35NO4. The minimum absolute atomic E-state index is 0.00578. The summed E-state index contributed by atoms with van der Waals surface area (Å²) >= 11 is 0. The van der Waals surface area contributed by atoms with Crippen LogP contribution in [0.1, 0.15) is 42.4 Å². The van der Waals surface area contributed by atoms with Gasteiger partial charge in [0.05, 0.1) is 20.3 Å². The number of fused-ring (bicyclic) bond motifs is 2. The van der Waals surface area contributed by atoms with Crippen LogP contribution in [0.3, 0.4) is 0 Å². The molecule has 4 bridgehead atoms. The molecule has 1 saturated heterocycles. The van der Waals surface area contributed by atoms with Crippen molar-refractivity contribution in [3.05, 3.63) is 59.2 Å². The first kappa shape index (κ1) is 21.2. The molecule has 2 heterocycles. The Labute approximate surface area is 202 Å². The third kappa shape index (κ3) is 2.36. The van der Waals surface area contributed by atoms with Crippen LogP contribution < -0.4 is 9.47 Å². The van der Waals surface area contributed by atoms with Crippen LogP contribution in [0.5, 0.6) is 11.5 Å². The Morgan fingerprint density at radius 3 is 2.71 bits per heavy atom. The van der Waals surface area contributed by atoms with Crippen LogP contribution in [0, 0.1) is 11.3 Å². The number of methoxy groups -OCH3 is 2. The molecule has 0 N–H and O–H groups in total. The Bertz CT molecular complexity index is 1120. The van der Waals surface area contributed by atoms with Crippen LogP contribution in [-0.2, 0) is 27.9 Å². The number of likely N-dealkylation sites (N-methyl/N-ethyl adjacent to an activating group) is 1. The first-order valence-corrected chi connectivity index (χ1v) is 12.8. The number of piperidine rings is 1. The van der Waals surface area contributed by atoms with E-state index < -0.39 is 0 Å². The van der Waals surface area contributed by atoms with Gasteiger partial charge in [0.15, 0.2) is 11.5 Å². The van der Waals surface area contributed by atoms with E-state index in [9.17, 15) is 0 Å². The molecule has 4 aliphatic carbocycles. The van der Waals surface area contributed by atoms with Gasteiger partial charge in [-0.2, -0.15) is 0 Å². The first-order chi connectivity index (χ1) is 16.6. The number of ether oxygens (including phenoxy) is 4. The lowest BCUT2D eigenvalue weighted by atomic mass is 9.35. The number of benzene rings is 2. The third-order valence-electron chi connectivity index (χ3n) is 10.4. The summed E-state index contributed by atoms with van der Waals surface area (Å²) in [5.41, 5.74) is 3.99. The van der Waals surface area contributed by atoms with Gasteiger partial charge in [0.2, 0.25) is 0 Å². The molecule has 4 fully saturated rings. The van der Waals surface area contributed by atoms with Gasteiger partial charge in [0.1, 0.15) is 11.7 Å². The lowest BCUT2D eigenvalue weighted by molar-refractivity contribution is -0.282. The van der Waals surface area contributed by atoms with E-state index in [2.05, 4.69) is 54.4 Å². The van der Waals surface area contributed by atoms with Gasteiger partial charge in [-0.05, 0) is 62.9 Å². The van der Waals surface area contributed by atoms with Crippen molar-refractivity contribution >= 4 is 0 Å². The van der Waals surface area contributed by atoms with Crippen molar-refractivity contribution < 1.29 is 18.9 Å². The molecule has 6 aliphatic rings. The second-order valence-corrected chi connectivity index (χ2v) is 11.3. The molecule has 0 aromatic heterocycles. The van der Waals surface area contributed by atoms with E-state index in [1.807, 2.05) is 7.11 Å². The van der Waals surface area contributed by atoms with E-state index in [0.717, 1.165) is 43.7 Å². The standard InChI is InChI=1S/C29H35NO4/c1-30-14-13-28-24-20-9-10-22(31-2)25(24)34-26(28)29(32-3)12-11-27(28,23(30)15-20)16-21(29)18-33-17-19-7-5-4-6-8-19/h4-10,21,23,26H,11-18H2,1-3H3/t21-,23-,26-,27?,28?,29-/m1/s1. The number of likely N-dealkylation sites (tertiary alicyclic amines) is 1. The highest BCUT2D eigenvalue weighted by molar-refractivity contribution is 5.63. The maximum atomic E-state index is 7.03. The molecule has 2 unspecified atom stereocenters. The maximum Gasteiger partial charge on any atom is 0.165 e. The Hall–Kier alpha value is -2.08. The summed E-state index contributed by atoms with van der Waals surface area (Å²) in [6.07, 6.45) is 5.60. The van der Waals surface area contributed by atoms with Crippen LogP contribution in [0.25, 0.3) is 0 Å². The molecule has 2 aromatic rings. The maximum absolute atomic E-state index is 7.03. The minimum Gasteiger partial charge on any atom is -0.493 e. The molecule has 3 saturated carbocycles. The van der Waals surface area contributed by atoms with Crippen molar-refractivity contribution in [1.29, 1.82) is 0 Å². The molecule has 2 aromatic carbocycles. The lowest BCUT2D eigenvalue weighted by Gasteiger charge is -2.73. The monoisotopic (exact) mass is 461 g/mol. The number of nitrogens with zero attached hydrogens (tertiary/aromatic N) is 1. The minimum atomic E-state index is -0.336. The van der Waals surface area contributed by atoms with Gasteiger partial charge >= 0.3 is 0 Å². The molecular weight excluding hydrogens is 426 g/mol. The van der Waals surface area contributed by atoms with Crippen molar-refractivity contribution in [3.63, 3.8) is 0 Å². The first-order valence-electron chi connectivity index (χ1n) is 12.8. The largest absolute Gasteiger partial charge is 0.493 e. The summed E-state index contributed by atoms with van der Waals surface area (Å²) in [5.74, 6) is 2.17. The van der Waals surface area contributed by atoms with E-state index in [1.54, 1.807) is 7.11 Å². The summed E-state index contributed by atoms with van der Waals surface area (Å²) in [4.78, 5) is 2.64. The number of hydrogen-bond acceptors (Lipinski definition) is 5. The van der Waals surface area contributed by atoms with E-state index in [1.165, 1.54) is 23.1 Å². The van der Waals surface area contributed by atoms with Crippen molar-refractivity contribution in [3.8, 4) is 11.5 Å². The van der Waals surface area contributed by atoms with Gasteiger partial charge < -0.3 is 23.8 Å². The Morgan fingerprint density at radius 1 is 1.06 bits per heavy atom. The molecule has 5 heteroatoms. The summed E-state index contributed by atoms with van der Waals surface area (Å²) < 4.78 is 25.8. The Morgan fingerprint density at radius 2 is 1.91 bits per heavy atom. The Balaban J connectivity index is 1.33. The third-order valence-corrected chi connectivity index (χ3v) is 10.4. The van der Waals surface area contributed by atoms with Gasteiger partial charge in [-0.15, -0.1) is 0 Å². The molecule has 6 atom stereocenters. The van der Waals surface area contributed by atoms with Crippen molar-refractivity contribution in [2.24, 2.45) is 11.3 Å². The smallest absolute Gasteiger partial charge is 0.165 e. The number of hydrogen-bond donors (Lipinski definition) is 0. The highest BCUT2D eigenvalue weighted by Gasteiger charge is 2.80. The van der Waals surface area contributed by atoms with E-state index in [-0.39, 0.29) is 22.5 Å². The van der Waals surface area contributed by atoms with Crippen molar-refractivity contribution in [2.75, 3.05) is 34.4 Å². The lowest BCUT2D eigenvalue weighted by Crippen LogP contribution is -2.81. The van der Waals surface area contributed by atoms with Crippen LogP contribution in [0.4, 0.5) is 0 Å². The predicted octanol–water partition coefficient (Wildman–Crippen LogP) is 4.36. The van der Waals surface area contributed by atoms with Gasteiger partial charge in [0.25, 0.3) is 0 Å². The summed E-state index contributed by atoms with van der Waals surface area (Å²) in [5, 5.41) is 0. The molecule has 180 valence electrons. The fourth-order valence-electron chi connectivity index (χ4n) is 9.07. The van der Waals surface area contributed by atoms with Crippen LogP contribution in [0.2, 0.25) is 0 Å². The summed E-state index contributed by atoms with van der Waals surface area (Å²) in [6, 6.07) is 15.4. The molecule has 8 rings (SSSR count). The zero-order chi connectivity index (χ0) is 23.1. The molecule has 2 aliphatic heterocycles. The average Bonchev–Trinajstić information content (AvgIpc) is 3.24. The van der Waals surface area contributed by atoms with Crippen LogP contribution in [-0.4, -0.2) is 57.1 Å². The average molecular weight is 462 g/mol. The molecule has 0 radical (unpaired) electrons. The van der Waals surface area contributed by atoms with Gasteiger partial charge in [-0.1, -0.05) is 36.4 Å². The van der Waals surface area contributed by atoms with E-state index in [0.29, 0.717) is 25.2 Å². The highest BCUT2D eigenvalue weighted by atomic mass is 16.6. The Kier molecular flexibility index (Phi) is 4.51. The fourth-order valence-corrected chi connectivity index (χ4v) is 9.07. The quantitative estimate of drug-likeness (QED) is 0.640. The van der Waals surface area contributed by atoms with Crippen LogP contribution in [0.15, 0.2) is 42.5 Å². The van der Waals surface area contributed by atoms with Crippen LogP contribution >= 0.6 is 0 Å². The molecule has 0 amide bonds. The second kappa shape index (κ2) is 7.22. The van der Waals surface area contributed by atoms with Gasteiger partial charge in [-0.3, -0.25) is 0 Å². The van der Waals surface area contributed by atoms with Gasteiger partial charge in [0, 0.05) is 35.5 Å². The highest BCUT2D eigenvalue weighted by Crippen LogP contribution is 2.76. The fraction of sp³-hybridized carbons (Fsp3) is 0.586. The normalized spacial score (nSPS) is 39.0. The SMILES string of the molecule is COc1ccc2c3c1O[C@@H]1C34CCN(C)[C@H](C2)C42CC[C@@]1(OC)[C@@H](COCc1ccccc1)C2. The summed E-state index contributed by atoms with van der Waals surface area (Å²) in [6.45, 7) is 2.46. The van der Waals surface area contributed by atoms with Gasteiger partial charge in [-0.25, -0.2) is 0 Å². The number of rotatable bonds is 6. The van der Waals surface area contributed by atoms with Crippen molar-refractivity contribution in [2.45, 2.75) is 61.9 Å². The predicted molar refractivity (Wildman–Crippen MR) is 129 cm³/mol. The molecule has 34 heavy (non-hydrogen) atoms. The van der Waals surface area contributed by atoms with Crippen molar-refractivity contribution in [1.82, 2.24) is 4.90 Å². The zero-order valence-electron chi connectivity index (χ0n) is 20.5. The second-order valence-electron chi connectivity index (χ2n) is 11.3. The molecule has 2 spiro atoms. The van der Waals surface area contributed by atoms with E-state index >= 15 is 0 Å². The topological polar surface area (TPSA) is 40.2 Å². The van der Waals surface area contributed by atoms with E-state index in [4.69, 9.17) is 18.9 Å². The molecule has 5 nitrogen and oxygen atoms in total.